The summed E-state index contributed by atoms with van der Waals surface area (Å²) in [5, 5.41) is 3.41. The molecule has 6 heteroatoms. The second-order valence-corrected chi connectivity index (χ2v) is 5.16. The van der Waals surface area contributed by atoms with Crippen molar-refractivity contribution in [2.24, 2.45) is 0 Å². The van der Waals surface area contributed by atoms with Crippen LogP contribution >= 0.6 is 12.2 Å². The summed E-state index contributed by atoms with van der Waals surface area (Å²) >= 11 is 5.22. The van der Waals surface area contributed by atoms with E-state index in [4.69, 9.17) is 21.7 Å². The van der Waals surface area contributed by atoms with Gasteiger partial charge in [-0.25, -0.2) is 0 Å². The molecule has 118 valence electrons. The molecular weight excluding hydrogens is 300 g/mol. The quantitative estimate of drug-likeness (QED) is 0.474. The van der Waals surface area contributed by atoms with Gasteiger partial charge in [-0.3, -0.25) is 9.69 Å². The van der Waals surface area contributed by atoms with Gasteiger partial charge in [-0.1, -0.05) is 12.1 Å². The number of hydrogen-bond acceptors (Lipinski definition) is 4. The standard InChI is InChI=1S/C16H20N2O3S/c1-3-21-10-4-9-18-15(19)14(17-16(18)22)11-12-5-7-13(20-2)8-6-12/h5-8,11H,3-4,9-10H2,1-2H3,(H,17,22)/b14-11+. The Bertz CT molecular complexity index is 569. The topological polar surface area (TPSA) is 50.8 Å². The van der Waals surface area contributed by atoms with E-state index in [9.17, 15) is 4.79 Å². The molecule has 1 amide bonds. The van der Waals surface area contributed by atoms with Gasteiger partial charge in [0.15, 0.2) is 5.11 Å². The molecule has 0 atom stereocenters. The van der Waals surface area contributed by atoms with Crippen LogP contribution in [0.3, 0.4) is 0 Å². The average Bonchev–Trinajstić information content (AvgIpc) is 2.79. The van der Waals surface area contributed by atoms with Crippen molar-refractivity contribution in [1.29, 1.82) is 0 Å². The van der Waals surface area contributed by atoms with E-state index in [1.165, 1.54) is 0 Å². The zero-order valence-corrected chi connectivity index (χ0v) is 13.6. The molecule has 1 saturated heterocycles. The minimum absolute atomic E-state index is 0.0997. The van der Waals surface area contributed by atoms with Crippen molar-refractivity contribution in [3.05, 3.63) is 35.5 Å². The predicted molar refractivity (Wildman–Crippen MR) is 89.5 cm³/mol. The van der Waals surface area contributed by atoms with Crippen molar-refractivity contribution in [3.63, 3.8) is 0 Å². The fraction of sp³-hybridized carbons (Fsp3) is 0.375. The molecule has 0 aliphatic carbocycles. The van der Waals surface area contributed by atoms with Gasteiger partial charge in [0.05, 0.1) is 7.11 Å². The monoisotopic (exact) mass is 320 g/mol. The smallest absolute Gasteiger partial charge is 0.276 e. The molecule has 1 N–H and O–H groups in total. The van der Waals surface area contributed by atoms with Crippen LogP contribution in [0.5, 0.6) is 5.75 Å². The molecule has 1 aliphatic heterocycles. The number of nitrogens with zero attached hydrogens (tertiary/aromatic N) is 1. The summed E-state index contributed by atoms with van der Waals surface area (Å²) in [6, 6.07) is 7.48. The number of benzene rings is 1. The minimum Gasteiger partial charge on any atom is -0.497 e. The molecule has 1 fully saturated rings. The van der Waals surface area contributed by atoms with E-state index in [1.54, 1.807) is 18.1 Å². The third-order valence-corrected chi connectivity index (χ3v) is 3.59. The molecule has 0 unspecified atom stereocenters. The SMILES string of the molecule is CCOCCCN1C(=O)/C(=C\c2ccc(OC)cc2)NC1=S. The Morgan fingerprint density at radius 2 is 2.05 bits per heavy atom. The van der Waals surface area contributed by atoms with E-state index in [2.05, 4.69) is 5.32 Å². The number of methoxy groups -OCH3 is 1. The molecule has 5 nitrogen and oxygen atoms in total. The van der Waals surface area contributed by atoms with Gasteiger partial charge >= 0.3 is 0 Å². The first-order valence-corrected chi connectivity index (χ1v) is 7.63. The number of carbonyl (C=O) groups excluding carboxylic acids is 1. The van der Waals surface area contributed by atoms with E-state index in [0.717, 1.165) is 17.7 Å². The number of ether oxygens (including phenoxy) is 2. The van der Waals surface area contributed by atoms with E-state index < -0.39 is 0 Å². The highest BCUT2D eigenvalue weighted by molar-refractivity contribution is 7.80. The van der Waals surface area contributed by atoms with Gasteiger partial charge in [0.2, 0.25) is 0 Å². The molecule has 1 aromatic rings. The molecule has 0 spiro atoms. The van der Waals surface area contributed by atoms with Crippen molar-refractivity contribution in [2.75, 3.05) is 26.9 Å². The molecule has 1 aliphatic rings. The summed E-state index contributed by atoms with van der Waals surface area (Å²) in [5.74, 6) is 0.679. The number of nitrogens with one attached hydrogen (secondary N) is 1. The van der Waals surface area contributed by atoms with Crippen molar-refractivity contribution < 1.29 is 14.3 Å². The van der Waals surface area contributed by atoms with Gasteiger partial charge in [-0.05, 0) is 49.3 Å². The Kier molecular flexibility index (Phi) is 5.91. The fourth-order valence-corrected chi connectivity index (χ4v) is 2.39. The number of amides is 1. The largest absolute Gasteiger partial charge is 0.497 e. The van der Waals surface area contributed by atoms with Crippen LogP contribution < -0.4 is 10.1 Å². The van der Waals surface area contributed by atoms with Crippen LogP contribution in [0, 0.1) is 0 Å². The maximum absolute atomic E-state index is 12.3. The summed E-state index contributed by atoms with van der Waals surface area (Å²) in [6.45, 7) is 3.81. The van der Waals surface area contributed by atoms with E-state index in [0.29, 0.717) is 30.6 Å². The van der Waals surface area contributed by atoms with Crippen molar-refractivity contribution in [1.82, 2.24) is 10.2 Å². The lowest BCUT2D eigenvalue weighted by molar-refractivity contribution is -0.122. The second kappa shape index (κ2) is 7.91. The Morgan fingerprint density at radius 1 is 1.32 bits per heavy atom. The van der Waals surface area contributed by atoms with Crippen LogP contribution in [-0.4, -0.2) is 42.8 Å². The molecule has 2 rings (SSSR count). The van der Waals surface area contributed by atoms with Gasteiger partial charge in [-0.15, -0.1) is 0 Å². The molecule has 1 heterocycles. The molecule has 1 aromatic carbocycles. The highest BCUT2D eigenvalue weighted by Gasteiger charge is 2.29. The zero-order chi connectivity index (χ0) is 15.9. The highest BCUT2D eigenvalue weighted by atomic mass is 32.1. The van der Waals surface area contributed by atoms with Crippen LogP contribution in [0.2, 0.25) is 0 Å². The summed E-state index contributed by atoms with van der Waals surface area (Å²) in [4.78, 5) is 13.9. The number of hydrogen-bond donors (Lipinski definition) is 1. The Hall–Kier alpha value is -1.92. The Balaban J connectivity index is 2.01. The summed E-state index contributed by atoms with van der Waals surface area (Å²) in [6.07, 6.45) is 2.55. The first kappa shape index (κ1) is 16.5. The Morgan fingerprint density at radius 3 is 2.68 bits per heavy atom. The van der Waals surface area contributed by atoms with Gasteiger partial charge in [0, 0.05) is 19.8 Å². The van der Waals surface area contributed by atoms with Gasteiger partial charge < -0.3 is 14.8 Å². The first-order chi connectivity index (χ1) is 10.7. The second-order valence-electron chi connectivity index (χ2n) is 4.77. The molecular formula is C16H20N2O3S. The summed E-state index contributed by atoms with van der Waals surface area (Å²) in [7, 11) is 1.62. The van der Waals surface area contributed by atoms with E-state index in [-0.39, 0.29) is 5.91 Å². The maximum atomic E-state index is 12.3. The predicted octanol–water partition coefficient (Wildman–Crippen LogP) is 2.18. The maximum Gasteiger partial charge on any atom is 0.276 e. The van der Waals surface area contributed by atoms with Crippen LogP contribution in [0.25, 0.3) is 6.08 Å². The zero-order valence-electron chi connectivity index (χ0n) is 12.8. The highest BCUT2D eigenvalue weighted by Crippen LogP contribution is 2.17. The lowest BCUT2D eigenvalue weighted by atomic mass is 10.2. The molecule has 22 heavy (non-hydrogen) atoms. The summed E-state index contributed by atoms with van der Waals surface area (Å²) in [5.41, 5.74) is 1.40. The lowest BCUT2D eigenvalue weighted by Crippen LogP contribution is -2.32. The molecule has 0 saturated carbocycles. The van der Waals surface area contributed by atoms with Gasteiger partial charge in [0.1, 0.15) is 11.4 Å². The van der Waals surface area contributed by atoms with Crippen LogP contribution in [0.4, 0.5) is 0 Å². The minimum atomic E-state index is -0.0997. The normalized spacial score (nSPS) is 16.3. The summed E-state index contributed by atoms with van der Waals surface area (Å²) < 4.78 is 10.4. The fourth-order valence-electron chi connectivity index (χ4n) is 2.11. The van der Waals surface area contributed by atoms with Crippen molar-refractivity contribution in [3.8, 4) is 5.75 Å². The van der Waals surface area contributed by atoms with Crippen LogP contribution in [0.15, 0.2) is 30.0 Å². The lowest BCUT2D eigenvalue weighted by Gasteiger charge is -2.13. The van der Waals surface area contributed by atoms with Crippen molar-refractivity contribution in [2.45, 2.75) is 13.3 Å². The first-order valence-electron chi connectivity index (χ1n) is 7.22. The number of thiocarbonyl (C=S) groups is 1. The van der Waals surface area contributed by atoms with E-state index in [1.807, 2.05) is 31.2 Å². The van der Waals surface area contributed by atoms with Crippen LogP contribution in [-0.2, 0) is 9.53 Å². The van der Waals surface area contributed by atoms with Crippen LogP contribution in [0.1, 0.15) is 18.9 Å². The van der Waals surface area contributed by atoms with Crippen molar-refractivity contribution >= 4 is 29.3 Å². The molecule has 0 radical (unpaired) electrons. The molecule has 0 aromatic heterocycles. The Labute approximate surface area is 135 Å². The third kappa shape index (κ3) is 4.05. The molecule has 0 bridgehead atoms. The average molecular weight is 320 g/mol. The van der Waals surface area contributed by atoms with E-state index >= 15 is 0 Å². The van der Waals surface area contributed by atoms with Gasteiger partial charge in [-0.2, -0.15) is 0 Å². The van der Waals surface area contributed by atoms with Gasteiger partial charge in [0.25, 0.3) is 5.91 Å². The number of rotatable bonds is 7. The third-order valence-electron chi connectivity index (χ3n) is 3.26. The number of carbonyl (C=O) groups is 1.